The number of aromatic amines is 1. The molecule has 0 aliphatic carbocycles. The third-order valence-electron chi connectivity index (χ3n) is 2.83. The molecule has 0 unspecified atom stereocenters. The van der Waals surface area contributed by atoms with Crippen LogP contribution in [-0.2, 0) is 6.42 Å². The number of benzene rings is 1. The Bertz CT molecular complexity index is 483. The summed E-state index contributed by atoms with van der Waals surface area (Å²) in [6.45, 7) is 10.6. The molecule has 2 heteroatoms. The molecule has 0 fully saturated rings. The minimum atomic E-state index is 0.533. The molecule has 0 saturated heterocycles. The molecule has 1 aromatic carbocycles. The number of halogens is 1. The van der Waals surface area contributed by atoms with E-state index in [4.69, 9.17) is 11.6 Å². The van der Waals surface area contributed by atoms with Gasteiger partial charge in [0.2, 0.25) is 0 Å². The summed E-state index contributed by atoms with van der Waals surface area (Å²) >= 11 is 6.02. The summed E-state index contributed by atoms with van der Waals surface area (Å²) in [5.74, 6) is 0.533. The Kier molecular flexibility index (Phi) is 5.07. The summed E-state index contributed by atoms with van der Waals surface area (Å²) in [5.41, 5.74) is 3.94. The van der Waals surface area contributed by atoms with Crippen molar-refractivity contribution in [1.82, 2.24) is 4.98 Å². The Morgan fingerprint density at radius 1 is 1.24 bits per heavy atom. The fourth-order valence-corrected chi connectivity index (χ4v) is 2.29. The molecule has 0 radical (unpaired) electrons. The van der Waals surface area contributed by atoms with Crippen LogP contribution >= 0.6 is 11.6 Å². The van der Waals surface area contributed by atoms with Crippen LogP contribution in [0.25, 0.3) is 10.9 Å². The maximum atomic E-state index is 6.02. The van der Waals surface area contributed by atoms with Crippen LogP contribution in [0.2, 0.25) is 5.02 Å². The van der Waals surface area contributed by atoms with Crippen molar-refractivity contribution in [2.24, 2.45) is 0 Å². The topological polar surface area (TPSA) is 15.8 Å². The van der Waals surface area contributed by atoms with E-state index in [-0.39, 0.29) is 0 Å². The van der Waals surface area contributed by atoms with Gasteiger partial charge >= 0.3 is 0 Å². The normalized spacial score (nSPS) is 10.5. The molecule has 1 heterocycles. The quantitative estimate of drug-likeness (QED) is 0.722. The van der Waals surface area contributed by atoms with E-state index < -0.39 is 0 Å². The van der Waals surface area contributed by atoms with E-state index in [9.17, 15) is 0 Å². The van der Waals surface area contributed by atoms with Gasteiger partial charge in [-0.15, -0.1) is 0 Å². The van der Waals surface area contributed by atoms with Crippen molar-refractivity contribution in [3.63, 3.8) is 0 Å². The minimum absolute atomic E-state index is 0.533. The molecular weight excluding hydrogens is 230 g/mol. The van der Waals surface area contributed by atoms with Crippen LogP contribution < -0.4 is 0 Å². The number of rotatable bonds is 2. The van der Waals surface area contributed by atoms with Gasteiger partial charge in [-0.3, -0.25) is 0 Å². The van der Waals surface area contributed by atoms with Gasteiger partial charge in [-0.1, -0.05) is 46.2 Å². The predicted octanol–water partition coefficient (Wildman–Crippen LogP) is 5.53. The van der Waals surface area contributed by atoms with Gasteiger partial charge in [0, 0.05) is 21.6 Å². The molecular formula is C15H22ClN. The van der Waals surface area contributed by atoms with Crippen molar-refractivity contribution in [3.8, 4) is 0 Å². The Morgan fingerprint density at radius 2 is 1.88 bits per heavy atom. The highest BCUT2D eigenvalue weighted by atomic mass is 35.5. The molecule has 94 valence electrons. The van der Waals surface area contributed by atoms with Crippen molar-refractivity contribution in [1.29, 1.82) is 0 Å². The second kappa shape index (κ2) is 6.11. The second-order valence-corrected chi connectivity index (χ2v) is 4.65. The van der Waals surface area contributed by atoms with Gasteiger partial charge in [0.25, 0.3) is 0 Å². The summed E-state index contributed by atoms with van der Waals surface area (Å²) in [6, 6.07) is 6.05. The third-order valence-corrected chi connectivity index (χ3v) is 3.07. The highest BCUT2D eigenvalue weighted by Crippen LogP contribution is 2.29. The van der Waals surface area contributed by atoms with Gasteiger partial charge in [-0.05, 0) is 36.1 Å². The average Bonchev–Trinajstić information content (AvgIpc) is 2.69. The van der Waals surface area contributed by atoms with E-state index in [1.54, 1.807) is 0 Å². The van der Waals surface area contributed by atoms with Crippen LogP contribution in [-0.4, -0.2) is 4.98 Å². The molecule has 1 nitrogen and oxygen atoms in total. The fraction of sp³-hybridized carbons (Fsp3) is 0.467. The van der Waals surface area contributed by atoms with Crippen LogP contribution in [0, 0.1) is 0 Å². The molecule has 1 N–H and O–H groups in total. The zero-order valence-electron chi connectivity index (χ0n) is 11.4. The van der Waals surface area contributed by atoms with Crippen LogP contribution in [0.4, 0.5) is 0 Å². The van der Waals surface area contributed by atoms with Crippen LogP contribution in [0.3, 0.4) is 0 Å². The van der Waals surface area contributed by atoms with E-state index in [2.05, 4.69) is 37.9 Å². The summed E-state index contributed by atoms with van der Waals surface area (Å²) in [6.07, 6.45) is 1.05. The number of hydrogen-bond donors (Lipinski definition) is 1. The lowest BCUT2D eigenvalue weighted by atomic mass is 10.0. The van der Waals surface area contributed by atoms with Gasteiger partial charge < -0.3 is 4.98 Å². The Labute approximate surface area is 109 Å². The van der Waals surface area contributed by atoms with E-state index in [1.165, 1.54) is 22.2 Å². The zero-order valence-corrected chi connectivity index (χ0v) is 12.2. The summed E-state index contributed by atoms with van der Waals surface area (Å²) in [5, 5.41) is 2.08. The molecule has 2 aromatic rings. The molecule has 0 bridgehead atoms. The lowest BCUT2D eigenvalue weighted by Gasteiger charge is -2.04. The SMILES string of the molecule is CC.CCc1c(C(C)C)[nH]c2ccc(Cl)cc12. The fourth-order valence-electron chi connectivity index (χ4n) is 2.11. The standard InChI is InChI=1S/C13H16ClN.C2H6/c1-4-10-11-7-9(14)5-6-12(11)15-13(10)8(2)3;1-2/h5-8,15H,4H2,1-3H3;1-2H3. The van der Waals surface area contributed by atoms with Gasteiger partial charge in [-0.25, -0.2) is 0 Å². The van der Waals surface area contributed by atoms with Crippen molar-refractivity contribution in [2.75, 3.05) is 0 Å². The van der Waals surface area contributed by atoms with Crippen LogP contribution in [0.15, 0.2) is 18.2 Å². The van der Waals surface area contributed by atoms with Crippen molar-refractivity contribution >= 4 is 22.5 Å². The van der Waals surface area contributed by atoms with Gasteiger partial charge in [-0.2, -0.15) is 0 Å². The molecule has 2 rings (SSSR count). The third kappa shape index (κ3) is 2.84. The van der Waals surface area contributed by atoms with Crippen LogP contribution in [0.5, 0.6) is 0 Å². The van der Waals surface area contributed by atoms with Crippen molar-refractivity contribution < 1.29 is 0 Å². The highest BCUT2D eigenvalue weighted by Gasteiger charge is 2.12. The van der Waals surface area contributed by atoms with Gasteiger partial charge in [0.15, 0.2) is 0 Å². The lowest BCUT2D eigenvalue weighted by molar-refractivity contribution is 0.818. The van der Waals surface area contributed by atoms with E-state index in [0.717, 1.165) is 11.4 Å². The lowest BCUT2D eigenvalue weighted by Crippen LogP contribution is -1.92. The predicted molar refractivity (Wildman–Crippen MR) is 78.1 cm³/mol. The molecule has 0 aliphatic heterocycles. The number of aromatic nitrogens is 1. The van der Waals surface area contributed by atoms with E-state index in [0.29, 0.717) is 5.92 Å². The summed E-state index contributed by atoms with van der Waals surface area (Å²) in [7, 11) is 0. The maximum absolute atomic E-state index is 6.02. The molecule has 0 amide bonds. The number of H-pyrrole nitrogens is 1. The first kappa shape index (κ1) is 14.1. The number of aryl methyl sites for hydroxylation is 1. The van der Waals surface area contributed by atoms with Crippen LogP contribution in [0.1, 0.15) is 51.8 Å². The Balaban J connectivity index is 0.000000686. The van der Waals surface area contributed by atoms with Gasteiger partial charge in [0.05, 0.1) is 0 Å². The first-order chi connectivity index (χ1) is 8.13. The van der Waals surface area contributed by atoms with E-state index >= 15 is 0 Å². The molecule has 0 spiro atoms. The second-order valence-electron chi connectivity index (χ2n) is 4.22. The monoisotopic (exact) mass is 251 g/mol. The maximum Gasteiger partial charge on any atom is 0.0460 e. The number of nitrogens with one attached hydrogen (secondary N) is 1. The van der Waals surface area contributed by atoms with Crippen molar-refractivity contribution in [3.05, 3.63) is 34.5 Å². The number of hydrogen-bond acceptors (Lipinski definition) is 0. The average molecular weight is 252 g/mol. The Hall–Kier alpha value is -0.950. The zero-order chi connectivity index (χ0) is 13.0. The summed E-state index contributed by atoms with van der Waals surface area (Å²) < 4.78 is 0. The summed E-state index contributed by atoms with van der Waals surface area (Å²) in [4.78, 5) is 3.48. The van der Waals surface area contributed by atoms with E-state index in [1.807, 2.05) is 19.9 Å². The first-order valence-corrected chi connectivity index (χ1v) is 6.81. The number of fused-ring (bicyclic) bond motifs is 1. The largest absolute Gasteiger partial charge is 0.358 e. The minimum Gasteiger partial charge on any atom is -0.358 e. The molecule has 17 heavy (non-hydrogen) atoms. The highest BCUT2D eigenvalue weighted by molar-refractivity contribution is 6.31. The Morgan fingerprint density at radius 3 is 2.41 bits per heavy atom. The molecule has 0 atom stereocenters. The smallest absolute Gasteiger partial charge is 0.0460 e. The first-order valence-electron chi connectivity index (χ1n) is 6.43. The molecule has 0 saturated carbocycles. The molecule has 0 aliphatic rings. The van der Waals surface area contributed by atoms with Gasteiger partial charge in [0.1, 0.15) is 0 Å². The van der Waals surface area contributed by atoms with Crippen molar-refractivity contribution in [2.45, 2.75) is 47.0 Å². The molecule has 1 aromatic heterocycles.